The Balaban J connectivity index is 1.40. The molecule has 2 aliphatic rings. The predicted octanol–water partition coefficient (Wildman–Crippen LogP) is 4.44. The molecule has 0 radical (unpaired) electrons. The molecule has 1 aliphatic heterocycles. The molecule has 3 aromatic rings. The molecule has 37 heavy (non-hydrogen) atoms. The molecule has 3 aromatic carbocycles. The zero-order valence-corrected chi connectivity index (χ0v) is 21.7. The van der Waals surface area contributed by atoms with Crippen molar-refractivity contribution in [2.24, 2.45) is 5.92 Å². The lowest BCUT2D eigenvalue weighted by Gasteiger charge is -2.35. The van der Waals surface area contributed by atoms with Crippen LogP contribution in [-0.2, 0) is 29.1 Å². The Morgan fingerprint density at radius 3 is 2.57 bits per heavy atom. The molecule has 1 saturated carbocycles. The van der Waals surface area contributed by atoms with E-state index in [-0.39, 0.29) is 23.7 Å². The number of amides is 2. The van der Waals surface area contributed by atoms with Crippen LogP contribution >= 0.6 is 0 Å². The summed E-state index contributed by atoms with van der Waals surface area (Å²) in [5, 5.41) is 13.5. The monoisotopic (exact) mass is 498 g/mol. The molecule has 1 heterocycles. The van der Waals surface area contributed by atoms with Crippen molar-refractivity contribution < 1.29 is 19.4 Å². The van der Waals surface area contributed by atoms with Gasteiger partial charge >= 0.3 is 0 Å². The van der Waals surface area contributed by atoms with Crippen LogP contribution < -0.4 is 10.1 Å². The first-order valence-corrected chi connectivity index (χ1v) is 12.9. The molecular weight excluding hydrogens is 464 g/mol. The van der Waals surface area contributed by atoms with Crippen molar-refractivity contribution in [3.8, 4) is 16.9 Å². The predicted molar refractivity (Wildman–Crippen MR) is 143 cm³/mol. The van der Waals surface area contributed by atoms with Gasteiger partial charge in [0.25, 0.3) is 5.91 Å². The number of methoxy groups -OCH3 is 1. The number of carbonyl (C=O) groups excluding carboxylic acids is 2. The van der Waals surface area contributed by atoms with Gasteiger partial charge in [0.2, 0.25) is 5.91 Å². The molecular formula is C31H34N2O4. The number of hydrogen-bond acceptors (Lipinski definition) is 4. The van der Waals surface area contributed by atoms with Crippen LogP contribution in [-0.4, -0.2) is 41.1 Å². The molecule has 2 amide bonds. The number of hydrogen-bond donors (Lipinski definition) is 2. The van der Waals surface area contributed by atoms with E-state index >= 15 is 0 Å². The molecule has 2 atom stereocenters. The normalized spacial score (nSPS) is 18.6. The van der Waals surface area contributed by atoms with E-state index in [9.17, 15) is 14.7 Å². The fraction of sp³-hybridized carbons (Fsp3) is 0.355. The van der Waals surface area contributed by atoms with Crippen molar-refractivity contribution in [1.29, 1.82) is 0 Å². The summed E-state index contributed by atoms with van der Waals surface area (Å²) in [4.78, 5) is 27.6. The van der Waals surface area contributed by atoms with Crippen molar-refractivity contribution in [2.45, 2.75) is 51.3 Å². The van der Waals surface area contributed by atoms with Crippen molar-refractivity contribution >= 4 is 11.8 Å². The maximum atomic E-state index is 13.0. The number of rotatable bonds is 7. The molecule has 2 N–H and O–H groups in total. The Kier molecular flexibility index (Phi) is 6.78. The van der Waals surface area contributed by atoms with Crippen LogP contribution in [0.25, 0.3) is 11.1 Å². The number of fused-ring (bicyclic) bond motifs is 1. The summed E-state index contributed by atoms with van der Waals surface area (Å²) in [5.41, 5.74) is 5.15. The summed E-state index contributed by atoms with van der Waals surface area (Å²) in [7, 11) is 1.66. The highest BCUT2D eigenvalue weighted by molar-refractivity contribution is 5.85. The summed E-state index contributed by atoms with van der Waals surface area (Å²) in [6.07, 6.45) is 1.54. The minimum Gasteiger partial charge on any atom is -0.497 e. The molecule has 6 heteroatoms. The van der Waals surface area contributed by atoms with Crippen LogP contribution in [0, 0.1) is 5.92 Å². The molecule has 0 aromatic heterocycles. The fourth-order valence-corrected chi connectivity index (χ4v) is 5.39. The highest BCUT2D eigenvalue weighted by Crippen LogP contribution is 2.47. The summed E-state index contributed by atoms with van der Waals surface area (Å²) in [6.45, 7) is 4.39. The van der Waals surface area contributed by atoms with Crippen molar-refractivity contribution in [1.82, 2.24) is 10.2 Å². The van der Waals surface area contributed by atoms with Gasteiger partial charge in [-0.25, -0.2) is 0 Å². The zero-order chi connectivity index (χ0) is 26.2. The Morgan fingerprint density at radius 1 is 1.05 bits per heavy atom. The average molecular weight is 499 g/mol. The van der Waals surface area contributed by atoms with Gasteiger partial charge in [0.05, 0.1) is 7.11 Å². The molecule has 6 nitrogen and oxygen atoms in total. The SMILES string of the molecule is COc1cccc(-c2ccc(CNC(=O)[C@@H]3C[C@H]3c3ccccc3)c3c2CCN(C(=O)C(C)(C)O)C3)c1. The molecule has 192 valence electrons. The smallest absolute Gasteiger partial charge is 0.254 e. The van der Waals surface area contributed by atoms with E-state index in [0.29, 0.717) is 26.1 Å². The van der Waals surface area contributed by atoms with E-state index in [1.807, 2.05) is 42.5 Å². The van der Waals surface area contributed by atoms with Crippen LogP contribution in [0.15, 0.2) is 66.7 Å². The third-order valence-electron chi connectivity index (χ3n) is 7.51. The van der Waals surface area contributed by atoms with Gasteiger partial charge in [0.1, 0.15) is 11.4 Å². The Morgan fingerprint density at radius 2 is 1.84 bits per heavy atom. The number of carbonyl (C=O) groups is 2. The first kappa shape index (κ1) is 25.0. The molecule has 0 spiro atoms. The summed E-state index contributed by atoms with van der Waals surface area (Å²) < 4.78 is 5.44. The van der Waals surface area contributed by atoms with Crippen LogP contribution in [0.4, 0.5) is 0 Å². The number of ether oxygens (including phenoxy) is 1. The Labute approximate surface area is 218 Å². The Hall–Kier alpha value is -3.64. The summed E-state index contributed by atoms with van der Waals surface area (Å²) in [6, 6.07) is 22.3. The maximum Gasteiger partial charge on any atom is 0.254 e. The van der Waals surface area contributed by atoms with Crippen molar-refractivity contribution in [2.75, 3.05) is 13.7 Å². The van der Waals surface area contributed by atoms with Crippen LogP contribution in [0.1, 0.15) is 48.4 Å². The molecule has 5 rings (SSSR count). The molecule has 0 unspecified atom stereocenters. The highest BCUT2D eigenvalue weighted by atomic mass is 16.5. The van der Waals surface area contributed by atoms with Gasteiger partial charge in [0, 0.05) is 25.6 Å². The van der Waals surface area contributed by atoms with E-state index in [4.69, 9.17) is 4.74 Å². The van der Waals surface area contributed by atoms with E-state index in [0.717, 1.165) is 34.4 Å². The van der Waals surface area contributed by atoms with Gasteiger partial charge in [-0.2, -0.15) is 0 Å². The summed E-state index contributed by atoms with van der Waals surface area (Å²) >= 11 is 0. The second kappa shape index (κ2) is 10.0. The second-order valence-electron chi connectivity index (χ2n) is 10.6. The fourth-order valence-electron chi connectivity index (χ4n) is 5.39. The third-order valence-corrected chi connectivity index (χ3v) is 7.51. The minimum absolute atomic E-state index is 0.00236. The molecule has 1 aliphatic carbocycles. The quantitative estimate of drug-likeness (QED) is 0.505. The molecule has 1 fully saturated rings. The third kappa shape index (κ3) is 5.25. The number of nitrogens with zero attached hydrogens (tertiary/aromatic N) is 1. The lowest BCUT2D eigenvalue weighted by Crippen LogP contribution is -2.47. The number of nitrogens with one attached hydrogen (secondary N) is 1. The highest BCUT2D eigenvalue weighted by Gasteiger charge is 2.43. The van der Waals surface area contributed by atoms with Crippen LogP contribution in [0.5, 0.6) is 5.75 Å². The zero-order valence-electron chi connectivity index (χ0n) is 21.7. The number of benzene rings is 3. The van der Waals surface area contributed by atoms with Gasteiger partial charge in [-0.05, 0) is 78.1 Å². The Bertz CT molecular complexity index is 1310. The van der Waals surface area contributed by atoms with Gasteiger partial charge < -0.3 is 20.1 Å². The van der Waals surface area contributed by atoms with E-state index < -0.39 is 5.60 Å². The molecule has 0 bridgehead atoms. The van der Waals surface area contributed by atoms with Gasteiger partial charge in [0.15, 0.2) is 0 Å². The molecule has 0 saturated heterocycles. The van der Waals surface area contributed by atoms with Gasteiger partial charge in [-0.15, -0.1) is 0 Å². The van der Waals surface area contributed by atoms with Crippen molar-refractivity contribution in [3.05, 3.63) is 89.0 Å². The minimum atomic E-state index is -1.44. The average Bonchev–Trinajstić information content (AvgIpc) is 3.72. The standard InChI is InChI=1S/C31H34N2O4/c1-31(2,36)30(35)33-15-14-25-24(21-10-7-11-23(16-21)37-3)13-12-22(28(25)19-33)18-32-29(34)27-17-26(27)20-8-5-4-6-9-20/h4-13,16,26-27,36H,14-15,17-19H2,1-3H3,(H,32,34)/t26-,27+/m0/s1. The van der Waals surface area contributed by atoms with Gasteiger partial charge in [-0.1, -0.05) is 54.6 Å². The first-order chi connectivity index (χ1) is 17.8. The van der Waals surface area contributed by atoms with E-state index in [2.05, 4.69) is 29.6 Å². The van der Waals surface area contributed by atoms with E-state index in [1.165, 1.54) is 25.0 Å². The first-order valence-electron chi connectivity index (χ1n) is 12.9. The van der Waals surface area contributed by atoms with Crippen LogP contribution in [0.2, 0.25) is 0 Å². The van der Waals surface area contributed by atoms with E-state index in [1.54, 1.807) is 12.0 Å². The lowest BCUT2D eigenvalue weighted by atomic mass is 9.87. The summed E-state index contributed by atoms with van der Waals surface area (Å²) in [5.74, 6) is 0.853. The largest absolute Gasteiger partial charge is 0.497 e. The van der Waals surface area contributed by atoms with Crippen LogP contribution in [0.3, 0.4) is 0 Å². The number of aliphatic hydroxyl groups is 1. The van der Waals surface area contributed by atoms with Crippen molar-refractivity contribution in [3.63, 3.8) is 0 Å². The topological polar surface area (TPSA) is 78.9 Å². The maximum absolute atomic E-state index is 13.0. The second-order valence-corrected chi connectivity index (χ2v) is 10.6. The van der Waals surface area contributed by atoms with Gasteiger partial charge in [-0.3, -0.25) is 9.59 Å². The lowest BCUT2D eigenvalue weighted by molar-refractivity contribution is -0.148.